The summed E-state index contributed by atoms with van der Waals surface area (Å²) in [4.78, 5) is 28.8. The second-order valence-electron chi connectivity index (χ2n) is 7.00. The average molecular weight is 390 g/mol. The van der Waals surface area contributed by atoms with E-state index in [1.165, 1.54) is 6.20 Å². The zero-order valence-corrected chi connectivity index (χ0v) is 15.4. The molecule has 2 rings (SSSR count). The van der Waals surface area contributed by atoms with Crippen LogP contribution in [0.15, 0.2) is 18.5 Å². The number of carbonyl (C=O) groups excluding carboxylic acids is 2. The highest BCUT2D eigenvalue weighted by Crippen LogP contribution is 2.50. The van der Waals surface area contributed by atoms with Gasteiger partial charge in [-0.2, -0.15) is 13.2 Å². The van der Waals surface area contributed by atoms with Gasteiger partial charge in [0.15, 0.2) is 5.60 Å². The van der Waals surface area contributed by atoms with Crippen LogP contribution < -0.4 is 4.90 Å². The van der Waals surface area contributed by atoms with Gasteiger partial charge < -0.3 is 14.2 Å². The maximum Gasteiger partial charge on any atom is 0.421 e. The molecule has 1 aromatic heterocycles. The van der Waals surface area contributed by atoms with E-state index in [9.17, 15) is 22.8 Å². The largest absolute Gasteiger partial charge is 0.468 e. The minimum absolute atomic E-state index is 0.0359. The summed E-state index contributed by atoms with van der Waals surface area (Å²) >= 11 is 0. The van der Waals surface area contributed by atoms with E-state index in [1.54, 1.807) is 20.8 Å². The lowest BCUT2D eigenvalue weighted by atomic mass is 9.86. The van der Waals surface area contributed by atoms with E-state index in [4.69, 9.17) is 9.47 Å². The molecule has 150 valence electrons. The lowest BCUT2D eigenvalue weighted by Gasteiger charge is -2.43. The van der Waals surface area contributed by atoms with Gasteiger partial charge in [-0.05, 0) is 26.8 Å². The summed E-state index contributed by atoms with van der Waals surface area (Å²) in [5.41, 5.74) is -3.63. The van der Waals surface area contributed by atoms with E-state index in [0.29, 0.717) is 0 Å². The van der Waals surface area contributed by atoms with Gasteiger partial charge in [0.05, 0.1) is 25.6 Å². The number of carbonyl (C=O) groups is 2. The van der Waals surface area contributed by atoms with Crippen LogP contribution in [-0.4, -0.2) is 49.1 Å². The molecule has 27 heavy (non-hydrogen) atoms. The Morgan fingerprint density at radius 1 is 1.30 bits per heavy atom. The molecule has 1 saturated heterocycles. The van der Waals surface area contributed by atoms with Crippen molar-refractivity contribution < 1.29 is 37.0 Å². The van der Waals surface area contributed by atoms with E-state index in [-0.39, 0.29) is 24.3 Å². The maximum absolute atomic E-state index is 13.5. The fourth-order valence-corrected chi connectivity index (χ4v) is 2.49. The number of pyridine rings is 1. The maximum atomic E-state index is 13.5. The molecule has 0 radical (unpaired) electrons. The first-order valence-electron chi connectivity index (χ1n) is 8.13. The standard InChI is InChI=1S/C17H21F3N2O5/c1-15(2,3)27-14(24)22(10-13(23)25-4)12-7-11(8-21-9-12)16(5-6-26-16)17(18,19)20/h7-9H,5-6,10H2,1-4H3. The molecule has 1 atom stereocenters. The van der Waals surface area contributed by atoms with Gasteiger partial charge in [0, 0.05) is 18.2 Å². The molecule has 0 saturated carbocycles. The Morgan fingerprint density at radius 3 is 2.37 bits per heavy atom. The van der Waals surface area contributed by atoms with E-state index in [2.05, 4.69) is 9.72 Å². The minimum Gasteiger partial charge on any atom is -0.468 e. The highest BCUT2D eigenvalue weighted by molar-refractivity contribution is 5.93. The number of anilines is 1. The van der Waals surface area contributed by atoms with Crippen LogP contribution in [0.1, 0.15) is 32.8 Å². The number of hydrogen-bond acceptors (Lipinski definition) is 6. The number of alkyl halides is 3. The predicted molar refractivity (Wildman–Crippen MR) is 88.1 cm³/mol. The highest BCUT2D eigenvalue weighted by Gasteiger charge is 2.61. The first-order chi connectivity index (χ1) is 12.4. The van der Waals surface area contributed by atoms with Crippen LogP contribution in [0.3, 0.4) is 0 Å². The Labute approximate surface area is 154 Å². The van der Waals surface area contributed by atoms with Crippen molar-refractivity contribution in [1.82, 2.24) is 4.98 Å². The third kappa shape index (κ3) is 4.49. The molecule has 2 heterocycles. The highest BCUT2D eigenvalue weighted by atomic mass is 19.4. The minimum atomic E-state index is -4.65. The van der Waals surface area contributed by atoms with Crippen molar-refractivity contribution in [2.24, 2.45) is 0 Å². The fraction of sp³-hybridized carbons (Fsp3) is 0.588. The number of halogens is 3. The quantitative estimate of drug-likeness (QED) is 0.735. The van der Waals surface area contributed by atoms with E-state index in [1.807, 2.05) is 0 Å². The van der Waals surface area contributed by atoms with Crippen LogP contribution in [-0.2, 0) is 24.6 Å². The summed E-state index contributed by atoms with van der Waals surface area (Å²) in [5, 5.41) is 0. The Bertz CT molecular complexity index is 711. The molecule has 0 spiro atoms. The van der Waals surface area contributed by atoms with Crippen LogP contribution in [0.4, 0.5) is 23.7 Å². The molecule has 1 aliphatic rings. The van der Waals surface area contributed by atoms with Gasteiger partial charge in [0.25, 0.3) is 0 Å². The van der Waals surface area contributed by atoms with E-state index in [0.717, 1.165) is 24.3 Å². The number of methoxy groups -OCH3 is 1. The number of hydrogen-bond donors (Lipinski definition) is 0. The molecule has 7 nitrogen and oxygen atoms in total. The average Bonchev–Trinajstić information content (AvgIpc) is 2.48. The van der Waals surface area contributed by atoms with Crippen LogP contribution in [0, 0.1) is 0 Å². The van der Waals surface area contributed by atoms with Crippen molar-refractivity contribution in [3.8, 4) is 0 Å². The van der Waals surface area contributed by atoms with Crippen LogP contribution >= 0.6 is 0 Å². The van der Waals surface area contributed by atoms with Gasteiger partial charge in [-0.25, -0.2) is 4.79 Å². The molecular formula is C17H21F3N2O5. The molecule has 1 unspecified atom stereocenters. The number of esters is 1. The van der Waals surface area contributed by atoms with E-state index >= 15 is 0 Å². The Hall–Kier alpha value is -2.36. The smallest absolute Gasteiger partial charge is 0.421 e. The lowest BCUT2D eigenvalue weighted by molar-refractivity contribution is -0.333. The summed E-state index contributed by atoms with van der Waals surface area (Å²) in [5.74, 6) is -0.767. The van der Waals surface area contributed by atoms with Gasteiger partial charge in [0.2, 0.25) is 0 Å². The first-order valence-corrected chi connectivity index (χ1v) is 8.13. The Balaban J connectivity index is 2.41. The number of rotatable bonds is 4. The number of nitrogens with zero attached hydrogens (tertiary/aromatic N) is 2. The molecule has 0 bridgehead atoms. The van der Waals surface area contributed by atoms with Crippen molar-refractivity contribution in [2.45, 2.75) is 44.6 Å². The molecule has 1 amide bonds. The van der Waals surface area contributed by atoms with Gasteiger partial charge in [-0.1, -0.05) is 0 Å². The van der Waals surface area contributed by atoms with E-state index < -0.39 is 36.0 Å². The zero-order valence-electron chi connectivity index (χ0n) is 15.4. The molecule has 1 aliphatic heterocycles. The third-order valence-electron chi connectivity index (χ3n) is 3.89. The van der Waals surface area contributed by atoms with Gasteiger partial charge in [-0.3, -0.25) is 14.7 Å². The van der Waals surface area contributed by atoms with Crippen molar-refractivity contribution in [2.75, 3.05) is 25.2 Å². The molecule has 1 aromatic rings. The summed E-state index contributed by atoms with van der Waals surface area (Å²) < 4.78 is 55.1. The summed E-state index contributed by atoms with van der Waals surface area (Å²) in [6, 6.07) is 1.12. The fourth-order valence-electron chi connectivity index (χ4n) is 2.49. The summed E-state index contributed by atoms with van der Waals surface area (Å²) in [6.45, 7) is 4.28. The van der Waals surface area contributed by atoms with Crippen molar-refractivity contribution >= 4 is 17.7 Å². The van der Waals surface area contributed by atoms with Gasteiger partial charge in [-0.15, -0.1) is 0 Å². The molecule has 10 heteroatoms. The van der Waals surface area contributed by atoms with Crippen molar-refractivity contribution in [3.05, 3.63) is 24.0 Å². The molecular weight excluding hydrogens is 369 g/mol. The SMILES string of the molecule is COC(=O)CN(C(=O)OC(C)(C)C)c1cncc(C2(C(F)(F)F)CCO2)c1. The first kappa shape index (κ1) is 20.9. The normalized spacial score (nSPS) is 19.8. The molecule has 0 N–H and O–H groups in total. The lowest BCUT2D eigenvalue weighted by Crippen LogP contribution is -2.52. The molecule has 0 aromatic carbocycles. The third-order valence-corrected chi connectivity index (χ3v) is 3.89. The van der Waals surface area contributed by atoms with Crippen molar-refractivity contribution in [1.29, 1.82) is 0 Å². The number of aromatic nitrogens is 1. The second kappa shape index (κ2) is 7.34. The van der Waals surface area contributed by atoms with Crippen molar-refractivity contribution in [3.63, 3.8) is 0 Å². The summed E-state index contributed by atoms with van der Waals surface area (Å²) in [7, 11) is 1.13. The molecule has 1 fully saturated rings. The predicted octanol–water partition coefficient (Wildman–Crippen LogP) is 3.17. The topological polar surface area (TPSA) is 78.0 Å². The molecule has 0 aliphatic carbocycles. The number of ether oxygens (including phenoxy) is 3. The van der Waals surface area contributed by atoms with Crippen LogP contribution in [0.25, 0.3) is 0 Å². The van der Waals surface area contributed by atoms with Gasteiger partial charge in [0.1, 0.15) is 12.1 Å². The Morgan fingerprint density at radius 2 is 1.93 bits per heavy atom. The van der Waals surface area contributed by atoms with Gasteiger partial charge >= 0.3 is 18.2 Å². The summed E-state index contributed by atoms with van der Waals surface area (Å²) in [6.07, 6.45) is -3.63. The van der Waals surface area contributed by atoms with Crippen LogP contribution in [0.5, 0.6) is 0 Å². The number of amides is 1. The Kier molecular flexibility index (Phi) is 5.69. The monoisotopic (exact) mass is 390 g/mol. The zero-order chi connectivity index (χ0) is 20.5. The second-order valence-corrected chi connectivity index (χ2v) is 7.00. The van der Waals surface area contributed by atoms with Crippen LogP contribution in [0.2, 0.25) is 0 Å².